The van der Waals surface area contributed by atoms with Gasteiger partial charge in [0.2, 0.25) is 0 Å². The lowest BCUT2D eigenvalue weighted by atomic mass is 10.1. The highest BCUT2D eigenvalue weighted by Gasteiger charge is 2.16. The molecule has 1 amide bonds. The molecule has 0 aliphatic carbocycles. The van der Waals surface area contributed by atoms with E-state index in [-0.39, 0.29) is 5.91 Å². The fraction of sp³-hybridized carbons (Fsp3) is 0.0625. The van der Waals surface area contributed by atoms with Crippen LogP contribution in [0, 0.1) is 0 Å². The summed E-state index contributed by atoms with van der Waals surface area (Å²) in [6.07, 6.45) is 5.26. The quantitative estimate of drug-likeness (QED) is 0.607. The van der Waals surface area contributed by atoms with Crippen LogP contribution in [0.2, 0.25) is 0 Å². The Balaban J connectivity index is 1.70. The van der Waals surface area contributed by atoms with Crippen LogP contribution in [0.1, 0.15) is 10.4 Å². The van der Waals surface area contributed by atoms with Gasteiger partial charge in [-0.3, -0.25) is 9.89 Å². The van der Waals surface area contributed by atoms with Crippen molar-refractivity contribution in [3.63, 3.8) is 0 Å². The minimum Gasteiger partial charge on any atom is -0.351 e. The van der Waals surface area contributed by atoms with Crippen LogP contribution in [0.25, 0.3) is 21.6 Å². The van der Waals surface area contributed by atoms with E-state index in [9.17, 15) is 4.79 Å². The van der Waals surface area contributed by atoms with Crippen molar-refractivity contribution in [1.82, 2.24) is 19.7 Å². The number of H-pyrrole nitrogens is 1. The number of rotatable bonds is 3. The number of nitrogens with one attached hydrogen (secondary N) is 2. The molecule has 4 aromatic rings. The van der Waals surface area contributed by atoms with Gasteiger partial charge in [-0.15, -0.1) is 11.3 Å². The summed E-state index contributed by atoms with van der Waals surface area (Å²) in [6.45, 7) is 0. The van der Waals surface area contributed by atoms with Gasteiger partial charge >= 0.3 is 0 Å². The van der Waals surface area contributed by atoms with Gasteiger partial charge < -0.3 is 9.88 Å². The number of carbonyl (C=O) groups excluding carboxylic acids is 1. The summed E-state index contributed by atoms with van der Waals surface area (Å²) in [7, 11) is 1.96. The van der Waals surface area contributed by atoms with E-state index in [1.165, 1.54) is 11.3 Å². The highest BCUT2D eigenvalue weighted by Crippen LogP contribution is 2.28. The van der Waals surface area contributed by atoms with Gasteiger partial charge in [0.15, 0.2) is 0 Å². The van der Waals surface area contributed by atoms with E-state index in [1.807, 2.05) is 47.5 Å². The minimum atomic E-state index is -0.166. The maximum atomic E-state index is 12.7. The van der Waals surface area contributed by atoms with Crippen LogP contribution in [0.15, 0.2) is 48.2 Å². The topological polar surface area (TPSA) is 75.6 Å². The predicted octanol–water partition coefficient (Wildman–Crippen LogP) is 3.28. The first-order valence-electron chi connectivity index (χ1n) is 7.02. The number of aromatic amines is 1. The number of aryl methyl sites for hydroxylation is 1. The molecule has 0 spiro atoms. The largest absolute Gasteiger partial charge is 0.351 e. The molecule has 1 aromatic carbocycles. The molecule has 6 nitrogen and oxygen atoms in total. The average molecular weight is 323 g/mol. The maximum absolute atomic E-state index is 12.7. The van der Waals surface area contributed by atoms with Crippen molar-refractivity contribution in [3.05, 3.63) is 53.8 Å². The minimum absolute atomic E-state index is 0.166. The molecule has 114 valence electrons. The van der Waals surface area contributed by atoms with E-state index < -0.39 is 0 Å². The fourth-order valence-corrected chi connectivity index (χ4v) is 3.23. The van der Waals surface area contributed by atoms with Gasteiger partial charge in [0.25, 0.3) is 5.91 Å². The van der Waals surface area contributed by atoms with Crippen LogP contribution in [-0.2, 0) is 7.05 Å². The summed E-state index contributed by atoms with van der Waals surface area (Å²) in [5.74, 6) is -0.166. The molecular weight excluding hydrogens is 310 g/mol. The number of anilines is 1. The first-order valence-corrected chi connectivity index (χ1v) is 7.90. The second-order valence-corrected chi connectivity index (χ2v) is 6.01. The lowest BCUT2D eigenvalue weighted by Gasteiger charge is -2.06. The monoisotopic (exact) mass is 323 g/mol. The van der Waals surface area contributed by atoms with Crippen molar-refractivity contribution in [1.29, 1.82) is 0 Å². The van der Waals surface area contributed by atoms with Crippen LogP contribution in [-0.4, -0.2) is 25.7 Å². The molecule has 0 saturated carbocycles. The van der Waals surface area contributed by atoms with Crippen LogP contribution < -0.4 is 5.32 Å². The molecule has 2 N–H and O–H groups in total. The van der Waals surface area contributed by atoms with Gasteiger partial charge in [-0.2, -0.15) is 5.10 Å². The molecule has 0 aliphatic heterocycles. The first-order chi connectivity index (χ1) is 11.2. The van der Waals surface area contributed by atoms with Gasteiger partial charge in [0.05, 0.1) is 11.9 Å². The van der Waals surface area contributed by atoms with Gasteiger partial charge in [-0.05, 0) is 18.2 Å². The van der Waals surface area contributed by atoms with Crippen molar-refractivity contribution < 1.29 is 4.79 Å². The van der Waals surface area contributed by atoms with Crippen molar-refractivity contribution in [3.8, 4) is 10.7 Å². The lowest BCUT2D eigenvalue weighted by Crippen LogP contribution is -2.12. The summed E-state index contributed by atoms with van der Waals surface area (Å²) < 4.78 is 1.99. The third-order valence-electron chi connectivity index (χ3n) is 3.71. The number of hydrogen-bond donors (Lipinski definition) is 2. The Labute approximate surface area is 135 Å². The third kappa shape index (κ3) is 2.31. The molecule has 4 rings (SSSR count). The molecule has 0 bridgehead atoms. The van der Waals surface area contributed by atoms with E-state index in [2.05, 4.69) is 20.5 Å². The van der Waals surface area contributed by atoms with Crippen LogP contribution in [0.3, 0.4) is 0 Å². The molecule has 0 atom stereocenters. The molecule has 0 unspecified atom stereocenters. The number of benzene rings is 1. The van der Waals surface area contributed by atoms with Crippen molar-refractivity contribution in [2.24, 2.45) is 7.05 Å². The van der Waals surface area contributed by atoms with Crippen LogP contribution in [0.5, 0.6) is 0 Å². The molecule has 0 radical (unpaired) electrons. The molecule has 0 saturated heterocycles. The van der Waals surface area contributed by atoms with Gasteiger partial charge in [0, 0.05) is 41.3 Å². The SMILES string of the molecule is Cn1ccc2c(C(=O)Nc3cn[nH]c3-c3nccs3)cccc21. The van der Waals surface area contributed by atoms with Crippen molar-refractivity contribution in [2.75, 3.05) is 5.32 Å². The van der Waals surface area contributed by atoms with Crippen molar-refractivity contribution in [2.45, 2.75) is 0 Å². The third-order valence-corrected chi connectivity index (χ3v) is 4.50. The molecule has 3 aromatic heterocycles. The average Bonchev–Trinajstić information content (AvgIpc) is 3.28. The lowest BCUT2D eigenvalue weighted by molar-refractivity contribution is 0.102. The molecule has 3 heterocycles. The van der Waals surface area contributed by atoms with Crippen LogP contribution >= 0.6 is 11.3 Å². The Morgan fingerprint density at radius 3 is 3.09 bits per heavy atom. The van der Waals surface area contributed by atoms with E-state index >= 15 is 0 Å². The smallest absolute Gasteiger partial charge is 0.256 e. The Bertz CT molecular complexity index is 983. The van der Waals surface area contributed by atoms with E-state index in [0.29, 0.717) is 16.9 Å². The maximum Gasteiger partial charge on any atom is 0.256 e. The summed E-state index contributed by atoms with van der Waals surface area (Å²) in [5, 5.41) is 13.4. The Hall–Kier alpha value is -2.93. The van der Waals surface area contributed by atoms with Gasteiger partial charge in [-0.1, -0.05) is 6.07 Å². The number of hydrogen-bond acceptors (Lipinski definition) is 4. The first kappa shape index (κ1) is 13.7. The van der Waals surface area contributed by atoms with E-state index in [0.717, 1.165) is 15.9 Å². The number of nitrogens with zero attached hydrogens (tertiary/aromatic N) is 3. The fourth-order valence-electron chi connectivity index (χ4n) is 2.58. The predicted molar refractivity (Wildman–Crippen MR) is 90.6 cm³/mol. The normalized spacial score (nSPS) is 11.0. The zero-order valence-electron chi connectivity index (χ0n) is 12.3. The van der Waals surface area contributed by atoms with Crippen molar-refractivity contribution >= 4 is 33.8 Å². The Kier molecular flexibility index (Phi) is 3.20. The van der Waals surface area contributed by atoms with Gasteiger partial charge in [-0.25, -0.2) is 4.98 Å². The van der Waals surface area contributed by atoms with E-state index in [4.69, 9.17) is 0 Å². The molecular formula is C16H13N5OS. The number of carbonyl (C=O) groups is 1. The molecule has 0 aliphatic rings. The van der Waals surface area contributed by atoms with Crippen LogP contribution in [0.4, 0.5) is 5.69 Å². The standard InChI is InChI=1S/C16H13N5OS/c1-21-7-5-10-11(3-2-4-13(10)21)15(22)19-12-9-18-20-14(12)16-17-6-8-23-16/h2-9H,1H3,(H,18,20)(H,19,22). The molecule has 23 heavy (non-hydrogen) atoms. The number of aromatic nitrogens is 4. The zero-order valence-corrected chi connectivity index (χ0v) is 13.1. The summed E-state index contributed by atoms with van der Waals surface area (Å²) >= 11 is 1.49. The highest BCUT2D eigenvalue weighted by atomic mass is 32.1. The summed E-state index contributed by atoms with van der Waals surface area (Å²) in [6, 6.07) is 7.64. The number of amides is 1. The zero-order chi connectivity index (χ0) is 15.8. The Morgan fingerprint density at radius 1 is 1.35 bits per heavy atom. The molecule has 0 fully saturated rings. The number of fused-ring (bicyclic) bond motifs is 1. The Morgan fingerprint density at radius 2 is 2.26 bits per heavy atom. The molecule has 7 heteroatoms. The summed E-state index contributed by atoms with van der Waals surface area (Å²) in [4.78, 5) is 16.9. The second-order valence-electron chi connectivity index (χ2n) is 5.12. The van der Waals surface area contributed by atoms with E-state index in [1.54, 1.807) is 12.4 Å². The highest BCUT2D eigenvalue weighted by molar-refractivity contribution is 7.13. The van der Waals surface area contributed by atoms with Gasteiger partial charge in [0.1, 0.15) is 10.7 Å². The second kappa shape index (κ2) is 5.36. The summed E-state index contributed by atoms with van der Waals surface area (Å²) in [5.41, 5.74) is 2.99. The number of thiazole rings is 1.